The highest BCUT2D eigenvalue weighted by atomic mass is 35.5. The van der Waals surface area contributed by atoms with Gasteiger partial charge in [0, 0.05) is 13.1 Å². The predicted molar refractivity (Wildman–Crippen MR) is 72.4 cm³/mol. The molecule has 1 aliphatic carbocycles. The molecule has 1 aromatic rings. The number of carbonyl (C=O) groups excluding carboxylic acids is 1. The summed E-state index contributed by atoms with van der Waals surface area (Å²) < 4.78 is 0. The lowest BCUT2D eigenvalue weighted by Gasteiger charge is -2.33. The van der Waals surface area contributed by atoms with E-state index in [1.165, 1.54) is 25.7 Å². The van der Waals surface area contributed by atoms with Crippen LogP contribution < -0.4 is 4.90 Å². The highest BCUT2D eigenvalue weighted by molar-refractivity contribution is 6.29. The Bertz CT molecular complexity index is 487. The predicted octanol–water partition coefficient (Wildman–Crippen LogP) is 3.32. The molecule has 18 heavy (non-hydrogen) atoms. The molecule has 2 fully saturated rings. The van der Waals surface area contributed by atoms with Crippen LogP contribution in [0.25, 0.3) is 0 Å². The van der Waals surface area contributed by atoms with Gasteiger partial charge in [-0.15, -0.1) is 0 Å². The summed E-state index contributed by atoms with van der Waals surface area (Å²) in [6.07, 6.45) is 5.20. The van der Waals surface area contributed by atoms with Crippen LogP contribution in [0.1, 0.15) is 43.0 Å². The van der Waals surface area contributed by atoms with E-state index in [9.17, 15) is 4.79 Å². The van der Waals surface area contributed by atoms with Crippen molar-refractivity contribution in [2.75, 3.05) is 18.0 Å². The number of Topliss-reactive ketones (excluding diaryl/α,β-unsaturated/α-hetero) is 1. The summed E-state index contributed by atoms with van der Waals surface area (Å²) in [7, 11) is 0. The SMILES string of the molecule is CC(=O)c1ccc(Cl)nc1N1CCC2(CC1)CC2. The largest absolute Gasteiger partial charge is 0.356 e. The molecule has 0 unspecified atom stereocenters. The number of ketones is 1. The second-order valence-electron chi connectivity index (χ2n) is 5.55. The number of anilines is 1. The van der Waals surface area contributed by atoms with Crippen LogP contribution in [-0.4, -0.2) is 23.9 Å². The van der Waals surface area contributed by atoms with E-state index in [0.29, 0.717) is 16.1 Å². The van der Waals surface area contributed by atoms with E-state index < -0.39 is 0 Å². The van der Waals surface area contributed by atoms with Crippen molar-refractivity contribution in [2.45, 2.75) is 32.6 Å². The molecule has 0 radical (unpaired) electrons. The maximum Gasteiger partial charge on any atom is 0.163 e. The molecule has 96 valence electrons. The average Bonchev–Trinajstić information content (AvgIpc) is 3.09. The van der Waals surface area contributed by atoms with Crippen LogP contribution in [0.2, 0.25) is 5.15 Å². The number of carbonyl (C=O) groups is 1. The van der Waals surface area contributed by atoms with Crippen molar-refractivity contribution in [2.24, 2.45) is 5.41 Å². The van der Waals surface area contributed by atoms with Gasteiger partial charge in [0.05, 0.1) is 5.56 Å². The normalized spacial score (nSPS) is 21.1. The first-order valence-corrected chi connectivity index (χ1v) is 6.90. The molecule has 0 bridgehead atoms. The Balaban J connectivity index is 1.86. The molecule has 3 nitrogen and oxygen atoms in total. The molecule has 0 atom stereocenters. The molecule has 1 aromatic heterocycles. The minimum Gasteiger partial charge on any atom is -0.356 e. The first kappa shape index (κ1) is 12.0. The second kappa shape index (κ2) is 4.23. The molecular weight excluding hydrogens is 248 g/mol. The number of hydrogen-bond donors (Lipinski definition) is 0. The third-order valence-electron chi connectivity index (χ3n) is 4.30. The summed E-state index contributed by atoms with van der Waals surface area (Å²) in [5.41, 5.74) is 1.32. The highest BCUT2D eigenvalue weighted by Gasteiger charge is 2.44. The monoisotopic (exact) mass is 264 g/mol. The van der Waals surface area contributed by atoms with Gasteiger partial charge >= 0.3 is 0 Å². The van der Waals surface area contributed by atoms with Gasteiger partial charge in [-0.2, -0.15) is 0 Å². The first-order valence-electron chi connectivity index (χ1n) is 6.52. The number of rotatable bonds is 2. The van der Waals surface area contributed by atoms with Gasteiger partial charge in [-0.05, 0) is 50.2 Å². The first-order chi connectivity index (χ1) is 8.60. The lowest BCUT2D eigenvalue weighted by atomic mass is 9.93. The van der Waals surface area contributed by atoms with E-state index in [-0.39, 0.29) is 5.78 Å². The third kappa shape index (κ3) is 2.12. The molecule has 4 heteroatoms. The fourth-order valence-corrected chi connectivity index (χ4v) is 2.95. The summed E-state index contributed by atoms with van der Waals surface area (Å²) in [4.78, 5) is 18.2. The topological polar surface area (TPSA) is 33.2 Å². The number of piperidine rings is 1. The molecule has 1 spiro atoms. The maximum absolute atomic E-state index is 11.7. The number of nitrogens with zero attached hydrogens (tertiary/aromatic N) is 2. The van der Waals surface area contributed by atoms with Gasteiger partial charge < -0.3 is 4.90 Å². The molecule has 1 aliphatic heterocycles. The summed E-state index contributed by atoms with van der Waals surface area (Å²) >= 11 is 5.96. The molecule has 2 aliphatic rings. The summed E-state index contributed by atoms with van der Waals surface area (Å²) in [5.74, 6) is 0.825. The van der Waals surface area contributed by atoms with Crippen LogP contribution in [0.5, 0.6) is 0 Å². The fraction of sp³-hybridized carbons (Fsp3) is 0.571. The van der Waals surface area contributed by atoms with E-state index in [0.717, 1.165) is 18.9 Å². The minimum atomic E-state index is 0.0564. The van der Waals surface area contributed by atoms with Crippen molar-refractivity contribution in [1.82, 2.24) is 4.98 Å². The molecule has 2 heterocycles. The van der Waals surface area contributed by atoms with E-state index in [2.05, 4.69) is 9.88 Å². The third-order valence-corrected chi connectivity index (χ3v) is 4.51. The van der Waals surface area contributed by atoms with E-state index in [1.54, 1.807) is 19.1 Å². The number of halogens is 1. The Labute approximate surface area is 112 Å². The molecule has 0 amide bonds. The van der Waals surface area contributed by atoms with Gasteiger partial charge in [0.2, 0.25) is 0 Å². The zero-order valence-corrected chi connectivity index (χ0v) is 11.3. The van der Waals surface area contributed by atoms with E-state index in [1.807, 2.05) is 0 Å². The Morgan fingerprint density at radius 3 is 2.50 bits per heavy atom. The zero-order chi connectivity index (χ0) is 12.8. The molecule has 3 rings (SSSR count). The van der Waals surface area contributed by atoms with Gasteiger partial charge in [-0.25, -0.2) is 4.98 Å². The summed E-state index contributed by atoms with van der Waals surface area (Å²) in [6.45, 7) is 3.57. The lowest BCUT2D eigenvalue weighted by molar-refractivity contribution is 0.101. The Morgan fingerprint density at radius 1 is 1.28 bits per heavy atom. The molecular formula is C14H17ClN2O. The fourth-order valence-electron chi connectivity index (χ4n) is 2.81. The van der Waals surface area contributed by atoms with Gasteiger partial charge in [-0.1, -0.05) is 11.6 Å². The van der Waals surface area contributed by atoms with Crippen molar-refractivity contribution in [3.05, 3.63) is 22.8 Å². The number of hydrogen-bond acceptors (Lipinski definition) is 3. The van der Waals surface area contributed by atoms with Crippen molar-refractivity contribution in [3.8, 4) is 0 Å². The minimum absolute atomic E-state index is 0.0564. The van der Waals surface area contributed by atoms with Crippen LogP contribution in [0, 0.1) is 5.41 Å². The van der Waals surface area contributed by atoms with Crippen LogP contribution in [0.4, 0.5) is 5.82 Å². The van der Waals surface area contributed by atoms with Crippen LogP contribution in [0.15, 0.2) is 12.1 Å². The van der Waals surface area contributed by atoms with Crippen molar-refractivity contribution in [3.63, 3.8) is 0 Å². The van der Waals surface area contributed by atoms with E-state index in [4.69, 9.17) is 11.6 Å². The standard InChI is InChI=1S/C14H17ClN2O/c1-10(18)11-2-3-12(15)16-13(11)17-8-6-14(4-5-14)7-9-17/h2-3H,4-9H2,1H3. The molecule has 0 aromatic carbocycles. The van der Waals surface area contributed by atoms with Gasteiger partial charge in [0.15, 0.2) is 5.78 Å². The smallest absolute Gasteiger partial charge is 0.163 e. The van der Waals surface area contributed by atoms with Crippen LogP contribution in [0.3, 0.4) is 0 Å². The van der Waals surface area contributed by atoms with E-state index >= 15 is 0 Å². The maximum atomic E-state index is 11.7. The Kier molecular flexibility index (Phi) is 2.81. The number of aromatic nitrogens is 1. The van der Waals surface area contributed by atoms with Gasteiger partial charge in [0.25, 0.3) is 0 Å². The quantitative estimate of drug-likeness (QED) is 0.607. The van der Waals surface area contributed by atoms with Crippen LogP contribution in [-0.2, 0) is 0 Å². The van der Waals surface area contributed by atoms with Crippen molar-refractivity contribution in [1.29, 1.82) is 0 Å². The lowest BCUT2D eigenvalue weighted by Crippen LogP contribution is -2.35. The van der Waals surface area contributed by atoms with Crippen molar-refractivity contribution >= 4 is 23.2 Å². The summed E-state index contributed by atoms with van der Waals surface area (Å²) in [6, 6.07) is 3.47. The number of pyridine rings is 1. The Hall–Kier alpha value is -1.09. The second-order valence-corrected chi connectivity index (χ2v) is 5.94. The van der Waals surface area contributed by atoms with Crippen molar-refractivity contribution < 1.29 is 4.79 Å². The Morgan fingerprint density at radius 2 is 1.94 bits per heavy atom. The van der Waals surface area contributed by atoms with Gasteiger partial charge in [0.1, 0.15) is 11.0 Å². The summed E-state index contributed by atoms with van der Waals surface area (Å²) in [5, 5.41) is 0.460. The molecule has 1 saturated carbocycles. The van der Waals surface area contributed by atoms with Gasteiger partial charge in [-0.3, -0.25) is 4.79 Å². The molecule has 0 N–H and O–H groups in total. The van der Waals surface area contributed by atoms with Crippen LogP contribution >= 0.6 is 11.6 Å². The highest BCUT2D eigenvalue weighted by Crippen LogP contribution is 2.53. The zero-order valence-electron chi connectivity index (χ0n) is 10.6. The average molecular weight is 265 g/mol. The molecule has 1 saturated heterocycles.